The first-order valence-corrected chi connectivity index (χ1v) is 7.34. The fourth-order valence-corrected chi connectivity index (χ4v) is 3.46. The van der Waals surface area contributed by atoms with Gasteiger partial charge in [0.05, 0.1) is 11.6 Å². The van der Waals surface area contributed by atoms with Gasteiger partial charge in [-0.25, -0.2) is 0 Å². The number of nitrogens with two attached hydrogens (primary N) is 1. The predicted octanol–water partition coefficient (Wildman–Crippen LogP) is 2.99. The van der Waals surface area contributed by atoms with Gasteiger partial charge in [0.25, 0.3) is 0 Å². The highest BCUT2D eigenvalue weighted by Gasteiger charge is 2.42. The summed E-state index contributed by atoms with van der Waals surface area (Å²) in [6.07, 6.45) is 8.55. The first kappa shape index (κ1) is 14.9. The molecule has 102 valence electrons. The van der Waals surface area contributed by atoms with Crippen LogP contribution in [-0.2, 0) is 4.74 Å². The van der Waals surface area contributed by atoms with Crippen molar-refractivity contribution in [3.05, 3.63) is 0 Å². The van der Waals surface area contributed by atoms with Gasteiger partial charge in [-0.1, -0.05) is 46.0 Å². The predicted molar refractivity (Wildman–Crippen MR) is 72.6 cm³/mol. The number of hydrogen-bond donors (Lipinski definition) is 2. The monoisotopic (exact) mass is 242 g/mol. The zero-order chi connectivity index (χ0) is 12.7. The molecule has 0 aromatic carbocycles. The molecule has 0 heterocycles. The van der Waals surface area contributed by atoms with Gasteiger partial charge in [-0.2, -0.15) is 0 Å². The van der Waals surface area contributed by atoms with Crippen molar-refractivity contribution in [2.75, 3.05) is 6.61 Å². The van der Waals surface area contributed by atoms with E-state index in [0.717, 1.165) is 19.4 Å². The molecule has 0 aliphatic heterocycles. The van der Waals surface area contributed by atoms with Crippen LogP contribution >= 0.6 is 0 Å². The SMILES string of the molecule is CCOC1(C(NN)C(CC)CC)CCCCC1. The molecule has 1 unspecified atom stereocenters. The quantitative estimate of drug-likeness (QED) is 0.533. The first-order valence-electron chi connectivity index (χ1n) is 7.34. The summed E-state index contributed by atoms with van der Waals surface area (Å²) in [6, 6.07) is 0.303. The van der Waals surface area contributed by atoms with Crippen LogP contribution in [0.15, 0.2) is 0 Å². The molecule has 0 saturated heterocycles. The molecule has 0 spiro atoms. The standard InChI is InChI=1S/C14H30N2O/c1-4-12(5-2)13(16-15)14(17-6-3)10-8-7-9-11-14/h12-13,16H,4-11,15H2,1-3H3. The van der Waals surface area contributed by atoms with E-state index in [1.165, 1.54) is 32.1 Å². The van der Waals surface area contributed by atoms with Gasteiger partial charge in [0.15, 0.2) is 0 Å². The van der Waals surface area contributed by atoms with Gasteiger partial charge in [-0.3, -0.25) is 11.3 Å². The maximum absolute atomic E-state index is 6.17. The molecule has 3 heteroatoms. The smallest absolute Gasteiger partial charge is 0.0850 e. The molecule has 1 saturated carbocycles. The lowest BCUT2D eigenvalue weighted by molar-refractivity contribution is -0.103. The summed E-state index contributed by atoms with van der Waals surface area (Å²) in [5, 5.41) is 0. The molecule has 1 rings (SSSR count). The zero-order valence-corrected chi connectivity index (χ0v) is 11.8. The van der Waals surface area contributed by atoms with Crippen LogP contribution < -0.4 is 11.3 Å². The molecule has 1 aliphatic carbocycles. The Morgan fingerprint density at radius 2 is 1.71 bits per heavy atom. The molecule has 0 radical (unpaired) electrons. The van der Waals surface area contributed by atoms with E-state index in [4.69, 9.17) is 10.6 Å². The van der Waals surface area contributed by atoms with Crippen LogP contribution in [0.4, 0.5) is 0 Å². The molecule has 0 amide bonds. The number of hydrogen-bond acceptors (Lipinski definition) is 3. The second kappa shape index (κ2) is 7.34. The largest absolute Gasteiger partial charge is 0.374 e. The summed E-state index contributed by atoms with van der Waals surface area (Å²) in [7, 11) is 0. The first-order chi connectivity index (χ1) is 8.24. The third kappa shape index (κ3) is 3.43. The minimum Gasteiger partial charge on any atom is -0.374 e. The fraction of sp³-hybridized carbons (Fsp3) is 1.00. The van der Waals surface area contributed by atoms with Crippen molar-refractivity contribution < 1.29 is 4.74 Å². The second-order valence-corrected chi connectivity index (χ2v) is 5.28. The third-order valence-corrected chi connectivity index (χ3v) is 4.40. The number of rotatable bonds is 7. The minimum absolute atomic E-state index is 0.0154. The van der Waals surface area contributed by atoms with Crippen molar-refractivity contribution in [3.8, 4) is 0 Å². The topological polar surface area (TPSA) is 47.3 Å². The molecule has 3 N–H and O–H groups in total. The van der Waals surface area contributed by atoms with Crippen molar-refractivity contribution in [3.63, 3.8) is 0 Å². The molecule has 1 fully saturated rings. The normalized spacial score (nSPS) is 21.7. The van der Waals surface area contributed by atoms with Crippen LogP contribution in [0.5, 0.6) is 0 Å². The third-order valence-electron chi connectivity index (χ3n) is 4.40. The highest BCUT2D eigenvalue weighted by atomic mass is 16.5. The summed E-state index contributed by atoms with van der Waals surface area (Å²) in [4.78, 5) is 0. The minimum atomic E-state index is -0.0154. The lowest BCUT2D eigenvalue weighted by Gasteiger charge is -2.46. The fourth-order valence-electron chi connectivity index (χ4n) is 3.46. The van der Waals surface area contributed by atoms with Crippen LogP contribution in [0.25, 0.3) is 0 Å². The zero-order valence-electron chi connectivity index (χ0n) is 11.8. The van der Waals surface area contributed by atoms with Crippen LogP contribution in [0.3, 0.4) is 0 Å². The maximum atomic E-state index is 6.17. The van der Waals surface area contributed by atoms with Crippen molar-refractivity contribution in [2.45, 2.75) is 77.4 Å². The average molecular weight is 242 g/mol. The summed E-state index contributed by atoms with van der Waals surface area (Å²) in [5.41, 5.74) is 3.06. The van der Waals surface area contributed by atoms with Gasteiger partial charge < -0.3 is 4.74 Å². The highest BCUT2D eigenvalue weighted by molar-refractivity contribution is 4.97. The van der Waals surface area contributed by atoms with Crippen molar-refractivity contribution in [1.29, 1.82) is 0 Å². The average Bonchev–Trinajstić information content (AvgIpc) is 2.37. The van der Waals surface area contributed by atoms with Crippen molar-refractivity contribution in [2.24, 2.45) is 11.8 Å². The van der Waals surface area contributed by atoms with Gasteiger partial charge in [-0.15, -0.1) is 0 Å². The van der Waals surface area contributed by atoms with E-state index in [1.807, 2.05) is 0 Å². The molecule has 1 atom stereocenters. The summed E-state index contributed by atoms with van der Waals surface area (Å²) in [6.45, 7) is 7.39. The summed E-state index contributed by atoms with van der Waals surface area (Å²) < 4.78 is 6.17. The van der Waals surface area contributed by atoms with E-state index in [1.54, 1.807) is 0 Å². The Balaban J connectivity index is 2.84. The molecule has 17 heavy (non-hydrogen) atoms. The van der Waals surface area contributed by atoms with E-state index in [9.17, 15) is 0 Å². The highest BCUT2D eigenvalue weighted by Crippen LogP contribution is 2.38. The van der Waals surface area contributed by atoms with E-state index in [2.05, 4.69) is 26.2 Å². The van der Waals surface area contributed by atoms with Crippen LogP contribution in [0, 0.1) is 5.92 Å². The Morgan fingerprint density at radius 1 is 1.12 bits per heavy atom. The summed E-state index contributed by atoms with van der Waals surface area (Å²) >= 11 is 0. The number of ether oxygens (including phenoxy) is 1. The molecule has 3 nitrogen and oxygen atoms in total. The van der Waals surface area contributed by atoms with Gasteiger partial charge in [0, 0.05) is 6.61 Å². The maximum Gasteiger partial charge on any atom is 0.0850 e. The van der Waals surface area contributed by atoms with E-state index >= 15 is 0 Å². The number of nitrogens with one attached hydrogen (secondary N) is 1. The van der Waals surface area contributed by atoms with Crippen LogP contribution in [-0.4, -0.2) is 18.2 Å². The Hall–Kier alpha value is -0.120. The molecular formula is C14H30N2O. The van der Waals surface area contributed by atoms with Crippen molar-refractivity contribution in [1.82, 2.24) is 5.43 Å². The lowest BCUT2D eigenvalue weighted by Crippen LogP contribution is -2.59. The van der Waals surface area contributed by atoms with Gasteiger partial charge in [0.2, 0.25) is 0 Å². The molecule has 0 aromatic rings. The Labute approximate surface area is 106 Å². The molecule has 0 bridgehead atoms. The molecule has 1 aliphatic rings. The molecule has 0 aromatic heterocycles. The van der Waals surface area contributed by atoms with Crippen LogP contribution in [0.1, 0.15) is 65.7 Å². The van der Waals surface area contributed by atoms with Gasteiger partial charge in [-0.05, 0) is 25.7 Å². The van der Waals surface area contributed by atoms with E-state index in [-0.39, 0.29) is 5.60 Å². The lowest BCUT2D eigenvalue weighted by atomic mass is 9.73. The van der Waals surface area contributed by atoms with Gasteiger partial charge in [0.1, 0.15) is 0 Å². The Kier molecular flexibility index (Phi) is 6.45. The molecular weight excluding hydrogens is 212 g/mol. The van der Waals surface area contributed by atoms with Crippen LogP contribution in [0.2, 0.25) is 0 Å². The Morgan fingerprint density at radius 3 is 2.12 bits per heavy atom. The van der Waals surface area contributed by atoms with E-state index in [0.29, 0.717) is 12.0 Å². The van der Waals surface area contributed by atoms with Crippen molar-refractivity contribution >= 4 is 0 Å². The Bertz CT molecular complexity index is 193. The summed E-state index contributed by atoms with van der Waals surface area (Å²) in [5.74, 6) is 6.46. The van der Waals surface area contributed by atoms with E-state index < -0.39 is 0 Å². The number of hydrazine groups is 1. The van der Waals surface area contributed by atoms with Gasteiger partial charge >= 0.3 is 0 Å². The second-order valence-electron chi connectivity index (χ2n) is 5.28.